The number of benzene rings is 1. The van der Waals surface area contributed by atoms with Gasteiger partial charge in [0.05, 0.1) is 16.3 Å². The molecule has 5 heteroatoms. The van der Waals surface area contributed by atoms with Gasteiger partial charge in [-0.2, -0.15) is 0 Å². The predicted molar refractivity (Wildman–Crippen MR) is 58.5 cm³/mol. The first-order valence-electron chi connectivity index (χ1n) is 3.93. The van der Waals surface area contributed by atoms with Gasteiger partial charge < -0.3 is 5.32 Å². The summed E-state index contributed by atoms with van der Waals surface area (Å²) in [6.07, 6.45) is 0.930. The lowest BCUT2D eigenvalue weighted by Crippen LogP contribution is -1.99. The van der Waals surface area contributed by atoms with Gasteiger partial charge in [-0.1, -0.05) is 12.1 Å². The molecule has 0 fully saturated rings. The van der Waals surface area contributed by atoms with Crippen LogP contribution in [0.4, 0.5) is 5.69 Å². The first-order chi connectivity index (χ1) is 6.59. The van der Waals surface area contributed by atoms with Crippen LogP contribution in [0.3, 0.4) is 0 Å². The van der Waals surface area contributed by atoms with Crippen molar-refractivity contribution in [1.82, 2.24) is 0 Å². The van der Waals surface area contributed by atoms with E-state index in [0.717, 1.165) is 16.4 Å². The lowest BCUT2D eigenvalue weighted by molar-refractivity contribution is -0.403. The summed E-state index contributed by atoms with van der Waals surface area (Å²) < 4.78 is 0.871. The number of halogens is 1. The number of anilines is 1. The number of nitrogens with zero attached hydrogens (tertiary/aromatic N) is 1. The van der Waals surface area contributed by atoms with Crippen molar-refractivity contribution in [3.8, 4) is 0 Å². The molecule has 0 saturated heterocycles. The maximum atomic E-state index is 10.2. The Labute approximate surface area is 89.9 Å². The molecule has 1 aromatic carbocycles. The average Bonchev–Trinajstić information content (AvgIpc) is 2.07. The molecule has 0 heterocycles. The van der Waals surface area contributed by atoms with Gasteiger partial charge in [0.25, 0.3) is 6.20 Å². The minimum absolute atomic E-state index is 0.487. The van der Waals surface area contributed by atoms with Crippen molar-refractivity contribution < 1.29 is 4.92 Å². The van der Waals surface area contributed by atoms with E-state index < -0.39 is 4.92 Å². The Morgan fingerprint density at radius 2 is 2.21 bits per heavy atom. The van der Waals surface area contributed by atoms with E-state index in [1.54, 1.807) is 6.92 Å². The molecule has 1 rings (SSSR count). The zero-order chi connectivity index (χ0) is 10.6. The van der Waals surface area contributed by atoms with Crippen LogP contribution in [0.5, 0.6) is 0 Å². The summed E-state index contributed by atoms with van der Waals surface area (Å²) in [7, 11) is 0. The fraction of sp³-hybridized carbons (Fsp3) is 0.111. The highest BCUT2D eigenvalue weighted by molar-refractivity contribution is 9.10. The molecule has 1 aromatic rings. The van der Waals surface area contributed by atoms with E-state index in [1.165, 1.54) is 0 Å². The molecular weight excluding hydrogens is 248 g/mol. The van der Waals surface area contributed by atoms with Gasteiger partial charge in [0, 0.05) is 4.47 Å². The zero-order valence-electron chi connectivity index (χ0n) is 7.53. The number of rotatable bonds is 3. The first-order valence-corrected chi connectivity index (χ1v) is 4.72. The molecule has 14 heavy (non-hydrogen) atoms. The third kappa shape index (κ3) is 3.18. The normalized spacial score (nSPS) is 11.1. The van der Waals surface area contributed by atoms with Crippen LogP contribution >= 0.6 is 15.9 Å². The quantitative estimate of drug-likeness (QED) is 0.668. The van der Waals surface area contributed by atoms with E-state index in [1.807, 2.05) is 24.3 Å². The first kappa shape index (κ1) is 10.7. The van der Waals surface area contributed by atoms with E-state index in [0.29, 0.717) is 5.70 Å². The summed E-state index contributed by atoms with van der Waals surface area (Å²) in [5.74, 6) is 0. The minimum atomic E-state index is -0.487. The largest absolute Gasteiger partial charge is 0.353 e. The van der Waals surface area contributed by atoms with Crippen LogP contribution in [0.25, 0.3) is 0 Å². The van der Waals surface area contributed by atoms with Gasteiger partial charge >= 0.3 is 0 Å². The lowest BCUT2D eigenvalue weighted by atomic mass is 10.3. The number of allylic oxidation sites excluding steroid dienone is 1. The molecular formula is C9H9BrN2O2. The van der Waals surface area contributed by atoms with Crippen molar-refractivity contribution in [3.05, 3.63) is 50.7 Å². The molecule has 0 aromatic heterocycles. The third-order valence-electron chi connectivity index (χ3n) is 1.50. The van der Waals surface area contributed by atoms with Crippen molar-refractivity contribution in [2.45, 2.75) is 6.92 Å². The molecule has 1 N–H and O–H groups in total. The second kappa shape index (κ2) is 4.76. The molecule has 0 atom stereocenters. The topological polar surface area (TPSA) is 55.2 Å². The van der Waals surface area contributed by atoms with Crippen LogP contribution in [0, 0.1) is 10.1 Å². The van der Waals surface area contributed by atoms with E-state index in [2.05, 4.69) is 21.2 Å². The summed E-state index contributed by atoms with van der Waals surface area (Å²) in [5, 5.41) is 13.1. The zero-order valence-corrected chi connectivity index (χ0v) is 9.11. The van der Waals surface area contributed by atoms with Crippen LogP contribution in [0.1, 0.15) is 6.92 Å². The smallest absolute Gasteiger partial charge is 0.253 e. The summed E-state index contributed by atoms with van der Waals surface area (Å²) >= 11 is 3.33. The van der Waals surface area contributed by atoms with Gasteiger partial charge in [-0.3, -0.25) is 10.1 Å². The van der Waals surface area contributed by atoms with Crippen molar-refractivity contribution in [2.24, 2.45) is 0 Å². The van der Waals surface area contributed by atoms with Gasteiger partial charge in [0.1, 0.15) is 0 Å². The standard InChI is InChI=1S/C9H9BrN2O2/c1-7(6-12(13)14)11-9-5-3-2-4-8(9)10/h2-6,11H,1H3/b7-6+. The van der Waals surface area contributed by atoms with Crippen LogP contribution < -0.4 is 5.32 Å². The summed E-state index contributed by atoms with van der Waals surface area (Å²) in [6.45, 7) is 1.64. The Morgan fingerprint density at radius 1 is 1.57 bits per heavy atom. The molecule has 0 radical (unpaired) electrons. The Hall–Kier alpha value is -1.36. The summed E-state index contributed by atoms with van der Waals surface area (Å²) in [6, 6.07) is 7.43. The van der Waals surface area contributed by atoms with Crippen molar-refractivity contribution in [2.75, 3.05) is 5.32 Å². The molecule has 0 spiro atoms. The van der Waals surface area contributed by atoms with E-state index in [4.69, 9.17) is 0 Å². The summed E-state index contributed by atoms with van der Waals surface area (Å²) in [4.78, 5) is 9.68. The van der Waals surface area contributed by atoms with Crippen LogP contribution in [-0.4, -0.2) is 4.92 Å². The number of para-hydroxylation sites is 1. The van der Waals surface area contributed by atoms with Crippen LogP contribution in [0.2, 0.25) is 0 Å². The van der Waals surface area contributed by atoms with Gasteiger partial charge in [0.15, 0.2) is 0 Å². The highest BCUT2D eigenvalue weighted by Crippen LogP contribution is 2.22. The maximum absolute atomic E-state index is 10.2. The number of nitro groups is 1. The molecule has 0 aliphatic heterocycles. The lowest BCUT2D eigenvalue weighted by Gasteiger charge is -2.05. The molecule has 0 amide bonds. The monoisotopic (exact) mass is 256 g/mol. The molecule has 74 valence electrons. The SMILES string of the molecule is C/C(=C\[N+](=O)[O-])Nc1ccccc1Br. The summed E-state index contributed by atoms with van der Waals surface area (Å²) in [5.41, 5.74) is 1.30. The second-order valence-corrected chi connectivity index (χ2v) is 3.56. The van der Waals surface area contributed by atoms with Gasteiger partial charge in [-0.05, 0) is 35.0 Å². The van der Waals surface area contributed by atoms with Gasteiger partial charge in [0.2, 0.25) is 0 Å². The Kier molecular flexibility index (Phi) is 3.64. The molecule has 0 aliphatic rings. The van der Waals surface area contributed by atoms with Crippen molar-refractivity contribution in [3.63, 3.8) is 0 Å². The minimum Gasteiger partial charge on any atom is -0.353 e. The fourth-order valence-corrected chi connectivity index (χ4v) is 1.35. The molecule has 4 nitrogen and oxygen atoms in total. The second-order valence-electron chi connectivity index (χ2n) is 2.70. The van der Waals surface area contributed by atoms with Crippen LogP contribution in [-0.2, 0) is 0 Å². The van der Waals surface area contributed by atoms with Crippen molar-refractivity contribution >= 4 is 21.6 Å². The average molecular weight is 257 g/mol. The van der Waals surface area contributed by atoms with Crippen molar-refractivity contribution in [1.29, 1.82) is 0 Å². The molecule has 0 aliphatic carbocycles. The number of hydrogen-bond donors (Lipinski definition) is 1. The maximum Gasteiger partial charge on any atom is 0.253 e. The van der Waals surface area contributed by atoms with Crippen LogP contribution in [0.15, 0.2) is 40.6 Å². The van der Waals surface area contributed by atoms with Gasteiger partial charge in [-0.15, -0.1) is 0 Å². The molecule has 0 bridgehead atoms. The number of hydrogen-bond acceptors (Lipinski definition) is 3. The van der Waals surface area contributed by atoms with E-state index in [-0.39, 0.29) is 0 Å². The molecule has 0 saturated carbocycles. The molecule has 0 unspecified atom stereocenters. The highest BCUT2D eigenvalue weighted by Gasteiger charge is 2.00. The van der Waals surface area contributed by atoms with Gasteiger partial charge in [-0.25, -0.2) is 0 Å². The highest BCUT2D eigenvalue weighted by atomic mass is 79.9. The predicted octanol–water partition coefficient (Wildman–Crippen LogP) is 3.00. The van der Waals surface area contributed by atoms with E-state index in [9.17, 15) is 10.1 Å². The van der Waals surface area contributed by atoms with E-state index >= 15 is 0 Å². The Bertz CT molecular complexity index is 377. The Balaban J connectivity index is 2.79. The Morgan fingerprint density at radius 3 is 2.79 bits per heavy atom. The fourth-order valence-electron chi connectivity index (χ4n) is 0.965. The number of nitrogens with one attached hydrogen (secondary N) is 1. The third-order valence-corrected chi connectivity index (χ3v) is 2.20.